The minimum Gasteiger partial charge on any atom is -0.0661 e. The van der Waals surface area contributed by atoms with Crippen LogP contribution in [0.5, 0.6) is 0 Å². The molecular formula is C12H20. The summed E-state index contributed by atoms with van der Waals surface area (Å²) in [6, 6.07) is 0. The van der Waals surface area contributed by atoms with E-state index in [1.165, 1.54) is 32.1 Å². The highest BCUT2D eigenvalue weighted by Crippen LogP contribution is 2.30. The Morgan fingerprint density at radius 1 is 1.17 bits per heavy atom. The summed E-state index contributed by atoms with van der Waals surface area (Å²) in [6.45, 7) is 6.80. The van der Waals surface area contributed by atoms with Gasteiger partial charge in [0.25, 0.3) is 0 Å². The van der Waals surface area contributed by atoms with Crippen LogP contribution in [0.25, 0.3) is 0 Å². The number of hydrogen-bond acceptors (Lipinski definition) is 0. The lowest BCUT2D eigenvalue weighted by molar-refractivity contribution is 0.876. The molecule has 0 saturated carbocycles. The van der Waals surface area contributed by atoms with Gasteiger partial charge in [-0.15, -0.1) is 0 Å². The van der Waals surface area contributed by atoms with Crippen LogP contribution in [-0.2, 0) is 0 Å². The van der Waals surface area contributed by atoms with Crippen LogP contribution in [0.1, 0.15) is 52.9 Å². The normalized spacial score (nSPS) is 17.1. The lowest BCUT2D eigenvalue weighted by atomic mass is 10.1. The Kier molecular flexibility index (Phi) is 3.58. The SMILES string of the molecule is CCCC1=CC(CCC)=C(C)C1. The van der Waals surface area contributed by atoms with Gasteiger partial charge < -0.3 is 0 Å². The predicted octanol–water partition coefficient (Wildman–Crippen LogP) is 4.23. The second kappa shape index (κ2) is 4.49. The van der Waals surface area contributed by atoms with Gasteiger partial charge in [0.15, 0.2) is 0 Å². The second-order valence-corrected chi connectivity index (χ2v) is 3.78. The first-order valence-electron chi connectivity index (χ1n) is 5.16. The molecule has 0 bridgehead atoms. The molecule has 0 heterocycles. The van der Waals surface area contributed by atoms with E-state index in [1.54, 1.807) is 16.7 Å². The van der Waals surface area contributed by atoms with Gasteiger partial charge in [-0.1, -0.05) is 43.9 Å². The maximum atomic E-state index is 2.43. The predicted molar refractivity (Wildman–Crippen MR) is 55.2 cm³/mol. The average molecular weight is 164 g/mol. The van der Waals surface area contributed by atoms with Crippen LogP contribution in [0.4, 0.5) is 0 Å². The van der Waals surface area contributed by atoms with Crippen molar-refractivity contribution in [3.05, 3.63) is 22.8 Å². The smallest absolute Gasteiger partial charge is 0.0102 e. The van der Waals surface area contributed by atoms with E-state index < -0.39 is 0 Å². The van der Waals surface area contributed by atoms with E-state index in [4.69, 9.17) is 0 Å². The fourth-order valence-electron chi connectivity index (χ4n) is 1.91. The van der Waals surface area contributed by atoms with Crippen molar-refractivity contribution in [1.82, 2.24) is 0 Å². The highest BCUT2D eigenvalue weighted by molar-refractivity contribution is 5.37. The Bertz CT molecular complexity index is 206. The zero-order chi connectivity index (χ0) is 8.97. The monoisotopic (exact) mass is 164 g/mol. The molecule has 0 aromatic carbocycles. The van der Waals surface area contributed by atoms with Crippen molar-refractivity contribution in [2.24, 2.45) is 0 Å². The first kappa shape index (κ1) is 9.57. The molecule has 0 nitrogen and oxygen atoms in total. The number of allylic oxidation sites excluding steroid dienone is 4. The summed E-state index contributed by atoms with van der Waals surface area (Å²) in [6.07, 6.45) is 8.83. The third-order valence-electron chi connectivity index (χ3n) is 2.51. The topological polar surface area (TPSA) is 0 Å². The maximum absolute atomic E-state index is 2.43. The van der Waals surface area contributed by atoms with E-state index >= 15 is 0 Å². The van der Waals surface area contributed by atoms with Gasteiger partial charge in [-0.05, 0) is 31.8 Å². The van der Waals surface area contributed by atoms with E-state index in [1.807, 2.05) is 0 Å². The molecule has 0 fully saturated rings. The summed E-state index contributed by atoms with van der Waals surface area (Å²) in [4.78, 5) is 0. The van der Waals surface area contributed by atoms with Gasteiger partial charge in [-0.3, -0.25) is 0 Å². The summed E-state index contributed by atoms with van der Waals surface area (Å²) in [7, 11) is 0. The van der Waals surface area contributed by atoms with Crippen LogP contribution in [0.2, 0.25) is 0 Å². The standard InChI is InChI=1S/C12H20/c1-4-6-11-8-10(3)12(9-11)7-5-2/h9H,4-8H2,1-3H3. The van der Waals surface area contributed by atoms with Crippen LogP contribution >= 0.6 is 0 Å². The fraction of sp³-hybridized carbons (Fsp3) is 0.667. The van der Waals surface area contributed by atoms with E-state index in [0.29, 0.717) is 0 Å². The van der Waals surface area contributed by atoms with Crippen molar-refractivity contribution < 1.29 is 0 Å². The lowest BCUT2D eigenvalue weighted by Gasteiger charge is -1.98. The summed E-state index contributed by atoms with van der Waals surface area (Å²) in [5, 5.41) is 0. The summed E-state index contributed by atoms with van der Waals surface area (Å²) < 4.78 is 0. The highest BCUT2D eigenvalue weighted by Gasteiger charge is 2.10. The summed E-state index contributed by atoms with van der Waals surface area (Å²) in [5.74, 6) is 0. The van der Waals surface area contributed by atoms with Crippen molar-refractivity contribution in [2.75, 3.05) is 0 Å². The van der Waals surface area contributed by atoms with Crippen LogP contribution in [-0.4, -0.2) is 0 Å². The van der Waals surface area contributed by atoms with Gasteiger partial charge in [-0.2, -0.15) is 0 Å². The fourth-order valence-corrected chi connectivity index (χ4v) is 1.91. The Morgan fingerprint density at radius 2 is 1.83 bits per heavy atom. The summed E-state index contributed by atoms with van der Waals surface area (Å²) in [5.41, 5.74) is 4.87. The van der Waals surface area contributed by atoms with Gasteiger partial charge >= 0.3 is 0 Å². The zero-order valence-electron chi connectivity index (χ0n) is 8.61. The molecule has 0 spiro atoms. The van der Waals surface area contributed by atoms with Crippen LogP contribution < -0.4 is 0 Å². The van der Waals surface area contributed by atoms with Crippen molar-refractivity contribution in [3.63, 3.8) is 0 Å². The molecule has 1 rings (SSSR count). The van der Waals surface area contributed by atoms with E-state index in [-0.39, 0.29) is 0 Å². The minimum absolute atomic E-state index is 1.25. The lowest BCUT2D eigenvalue weighted by Crippen LogP contribution is -1.78. The first-order valence-corrected chi connectivity index (χ1v) is 5.16. The molecule has 0 aromatic rings. The molecule has 68 valence electrons. The molecule has 12 heavy (non-hydrogen) atoms. The van der Waals surface area contributed by atoms with Gasteiger partial charge in [0.2, 0.25) is 0 Å². The van der Waals surface area contributed by atoms with E-state index in [9.17, 15) is 0 Å². The number of rotatable bonds is 4. The largest absolute Gasteiger partial charge is 0.0661 e. The highest BCUT2D eigenvalue weighted by atomic mass is 14.2. The Balaban J connectivity index is 2.53. The van der Waals surface area contributed by atoms with Crippen molar-refractivity contribution in [2.45, 2.75) is 52.9 Å². The molecule has 0 radical (unpaired) electrons. The zero-order valence-corrected chi connectivity index (χ0v) is 8.61. The van der Waals surface area contributed by atoms with Gasteiger partial charge in [0, 0.05) is 0 Å². The number of hydrogen-bond donors (Lipinski definition) is 0. The third kappa shape index (κ3) is 2.23. The van der Waals surface area contributed by atoms with Crippen molar-refractivity contribution in [1.29, 1.82) is 0 Å². The average Bonchev–Trinajstić information content (AvgIpc) is 2.34. The molecule has 1 aliphatic carbocycles. The van der Waals surface area contributed by atoms with Crippen LogP contribution in [0.3, 0.4) is 0 Å². The summed E-state index contributed by atoms with van der Waals surface area (Å²) >= 11 is 0. The first-order chi connectivity index (χ1) is 5.77. The second-order valence-electron chi connectivity index (χ2n) is 3.78. The molecule has 0 aromatic heterocycles. The minimum atomic E-state index is 1.25. The molecule has 0 atom stereocenters. The Hall–Kier alpha value is -0.520. The van der Waals surface area contributed by atoms with E-state index in [2.05, 4.69) is 26.8 Å². The Morgan fingerprint density at radius 3 is 2.42 bits per heavy atom. The van der Waals surface area contributed by atoms with E-state index in [0.717, 1.165) is 0 Å². The van der Waals surface area contributed by atoms with Crippen LogP contribution in [0, 0.1) is 0 Å². The van der Waals surface area contributed by atoms with Gasteiger partial charge in [-0.25, -0.2) is 0 Å². The quantitative estimate of drug-likeness (QED) is 0.583. The van der Waals surface area contributed by atoms with Gasteiger partial charge in [0.1, 0.15) is 0 Å². The maximum Gasteiger partial charge on any atom is -0.0102 e. The molecule has 0 aliphatic heterocycles. The molecular weight excluding hydrogens is 144 g/mol. The Labute approximate surface area is 76.4 Å². The van der Waals surface area contributed by atoms with Crippen molar-refractivity contribution in [3.8, 4) is 0 Å². The molecule has 0 amide bonds. The molecule has 0 heteroatoms. The van der Waals surface area contributed by atoms with Crippen molar-refractivity contribution >= 4 is 0 Å². The molecule has 1 aliphatic rings. The van der Waals surface area contributed by atoms with Gasteiger partial charge in [0.05, 0.1) is 0 Å². The molecule has 0 unspecified atom stereocenters. The third-order valence-corrected chi connectivity index (χ3v) is 2.51. The molecule has 0 N–H and O–H groups in total. The van der Waals surface area contributed by atoms with Crippen LogP contribution in [0.15, 0.2) is 22.8 Å². The molecule has 0 saturated heterocycles.